The second-order valence-corrected chi connectivity index (χ2v) is 6.99. The number of oxazole rings is 1. The topological polar surface area (TPSA) is 85.3 Å². The molecule has 1 N–H and O–H groups in total. The number of amides is 1. The molecule has 7 heteroatoms. The lowest BCUT2D eigenvalue weighted by molar-refractivity contribution is 0.0950. The molecule has 0 unspecified atom stereocenters. The second-order valence-electron chi connectivity index (χ2n) is 6.99. The number of hydrogen-bond donors (Lipinski definition) is 1. The summed E-state index contributed by atoms with van der Waals surface area (Å²) in [5.74, 6) is 0.974. The maximum atomic E-state index is 12.4. The molecular formula is C23H19N5O2. The molecule has 0 saturated heterocycles. The van der Waals surface area contributed by atoms with Crippen molar-refractivity contribution in [3.05, 3.63) is 83.9 Å². The van der Waals surface area contributed by atoms with E-state index in [0.717, 1.165) is 28.6 Å². The van der Waals surface area contributed by atoms with Gasteiger partial charge in [-0.05, 0) is 35.7 Å². The van der Waals surface area contributed by atoms with Crippen molar-refractivity contribution in [2.45, 2.75) is 19.9 Å². The van der Waals surface area contributed by atoms with E-state index in [1.165, 1.54) is 11.8 Å². The van der Waals surface area contributed by atoms with Crippen LogP contribution < -0.4 is 5.32 Å². The van der Waals surface area contributed by atoms with Gasteiger partial charge in [0, 0.05) is 36.9 Å². The summed E-state index contributed by atoms with van der Waals surface area (Å²) in [6.07, 6.45) is 7.55. The molecular weight excluding hydrogens is 378 g/mol. The Morgan fingerprint density at radius 3 is 2.83 bits per heavy atom. The summed E-state index contributed by atoms with van der Waals surface area (Å²) < 4.78 is 7.64. The molecule has 0 spiro atoms. The summed E-state index contributed by atoms with van der Waals surface area (Å²) >= 11 is 0. The number of hydrogen-bond acceptors (Lipinski definition) is 5. The van der Waals surface area contributed by atoms with Gasteiger partial charge in [0.15, 0.2) is 5.58 Å². The molecule has 148 valence electrons. The van der Waals surface area contributed by atoms with Gasteiger partial charge in [0.1, 0.15) is 5.52 Å². The number of aryl methyl sites for hydroxylation is 1. The zero-order chi connectivity index (χ0) is 20.5. The monoisotopic (exact) mass is 397 g/mol. The van der Waals surface area contributed by atoms with Crippen molar-refractivity contribution in [2.75, 3.05) is 0 Å². The maximum absolute atomic E-state index is 12.4. The lowest BCUT2D eigenvalue weighted by atomic mass is 10.1. The first-order valence-corrected chi connectivity index (χ1v) is 9.76. The predicted molar refractivity (Wildman–Crippen MR) is 113 cm³/mol. The Hall–Kier alpha value is -4.00. The van der Waals surface area contributed by atoms with E-state index in [2.05, 4.69) is 33.3 Å². The summed E-state index contributed by atoms with van der Waals surface area (Å²) in [6.45, 7) is 2.52. The van der Waals surface area contributed by atoms with Crippen LogP contribution in [0.2, 0.25) is 0 Å². The van der Waals surface area contributed by atoms with Crippen molar-refractivity contribution in [1.29, 1.82) is 0 Å². The highest BCUT2D eigenvalue weighted by atomic mass is 16.3. The first-order chi connectivity index (χ1) is 14.7. The van der Waals surface area contributed by atoms with Crippen molar-refractivity contribution < 1.29 is 9.21 Å². The first-order valence-electron chi connectivity index (χ1n) is 9.76. The highest BCUT2D eigenvalue weighted by Crippen LogP contribution is 2.26. The van der Waals surface area contributed by atoms with E-state index in [1.54, 1.807) is 23.0 Å². The minimum absolute atomic E-state index is 0.187. The molecule has 3 aromatic heterocycles. The standard InChI is InChI=1S/C23H19N5O2/c1-2-16-4-3-5-19-20(16)27-22(30-19)17-8-6-15(7-9-17)12-25-21(29)18-13-26-23-24-10-11-28(23)14-18/h3-11,13-14H,2,12H2,1H3,(H,25,29). The number of rotatable bonds is 5. The van der Waals surface area contributed by atoms with Crippen LogP contribution in [0.3, 0.4) is 0 Å². The summed E-state index contributed by atoms with van der Waals surface area (Å²) in [5, 5.41) is 2.92. The highest BCUT2D eigenvalue weighted by Gasteiger charge is 2.11. The largest absolute Gasteiger partial charge is 0.436 e. The molecule has 30 heavy (non-hydrogen) atoms. The Morgan fingerprint density at radius 2 is 2.00 bits per heavy atom. The Balaban J connectivity index is 1.29. The molecule has 0 aliphatic heterocycles. The molecule has 5 aromatic rings. The average Bonchev–Trinajstić information content (AvgIpc) is 3.44. The molecule has 0 aliphatic carbocycles. The van der Waals surface area contributed by atoms with Crippen LogP contribution in [-0.2, 0) is 13.0 Å². The van der Waals surface area contributed by atoms with Gasteiger partial charge in [-0.2, -0.15) is 0 Å². The van der Waals surface area contributed by atoms with Crippen LogP contribution in [0.4, 0.5) is 0 Å². The molecule has 0 radical (unpaired) electrons. The van der Waals surface area contributed by atoms with Crippen molar-refractivity contribution >= 4 is 22.8 Å². The van der Waals surface area contributed by atoms with Gasteiger partial charge < -0.3 is 9.73 Å². The number of para-hydroxylation sites is 1. The van der Waals surface area contributed by atoms with Gasteiger partial charge in [0.2, 0.25) is 11.7 Å². The Labute approximate surface area is 172 Å². The molecule has 5 rings (SSSR count). The number of nitrogens with one attached hydrogen (secondary N) is 1. The number of fused-ring (bicyclic) bond motifs is 2. The van der Waals surface area contributed by atoms with Crippen molar-refractivity contribution in [1.82, 2.24) is 24.7 Å². The number of carbonyl (C=O) groups is 1. The van der Waals surface area contributed by atoms with E-state index < -0.39 is 0 Å². The van der Waals surface area contributed by atoms with Gasteiger partial charge in [-0.15, -0.1) is 0 Å². The third kappa shape index (κ3) is 3.30. The SMILES string of the molecule is CCc1cccc2oc(-c3ccc(CNC(=O)c4cnc5nccn5c4)cc3)nc12. The zero-order valence-electron chi connectivity index (χ0n) is 16.4. The van der Waals surface area contributed by atoms with Gasteiger partial charge >= 0.3 is 0 Å². The quantitative estimate of drug-likeness (QED) is 0.484. The number of carbonyl (C=O) groups excluding carboxylic acids is 1. The van der Waals surface area contributed by atoms with Crippen LogP contribution in [0.25, 0.3) is 28.3 Å². The fourth-order valence-electron chi connectivity index (χ4n) is 3.40. The molecule has 0 saturated carbocycles. The van der Waals surface area contributed by atoms with Crippen molar-refractivity contribution in [2.24, 2.45) is 0 Å². The van der Waals surface area contributed by atoms with Gasteiger partial charge in [0.05, 0.1) is 5.56 Å². The molecule has 0 bridgehead atoms. The first kappa shape index (κ1) is 18.1. The van der Waals surface area contributed by atoms with E-state index >= 15 is 0 Å². The number of benzene rings is 2. The fourth-order valence-corrected chi connectivity index (χ4v) is 3.40. The van der Waals surface area contributed by atoms with Crippen LogP contribution in [0.5, 0.6) is 0 Å². The van der Waals surface area contributed by atoms with Crippen LogP contribution in [-0.4, -0.2) is 25.3 Å². The minimum Gasteiger partial charge on any atom is -0.436 e. The third-order valence-electron chi connectivity index (χ3n) is 5.05. The average molecular weight is 397 g/mol. The zero-order valence-corrected chi connectivity index (χ0v) is 16.4. The van der Waals surface area contributed by atoms with Gasteiger partial charge in [0.25, 0.3) is 5.91 Å². The number of aromatic nitrogens is 4. The lowest BCUT2D eigenvalue weighted by Gasteiger charge is -2.06. The Kier molecular flexibility index (Phi) is 4.48. The van der Waals surface area contributed by atoms with E-state index in [1.807, 2.05) is 36.4 Å². The summed E-state index contributed by atoms with van der Waals surface area (Å²) in [7, 11) is 0. The maximum Gasteiger partial charge on any atom is 0.254 e. The normalized spacial score (nSPS) is 11.2. The van der Waals surface area contributed by atoms with E-state index in [4.69, 9.17) is 4.42 Å². The molecule has 2 aromatic carbocycles. The molecule has 0 fully saturated rings. The molecule has 1 amide bonds. The van der Waals surface area contributed by atoms with Gasteiger partial charge in [-0.3, -0.25) is 9.20 Å². The van der Waals surface area contributed by atoms with Crippen molar-refractivity contribution in [3.63, 3.8) is 0 Å². The van der Waals surface area contributed by atoms with Crippen LogP contribution in [0.15, 0.2) is 71.7 Å². The number of imidazole rings is 1. The Bertz CT molecular complexity index is 1350. The third-order valence-corrected chi connectivity index (χ3v) is 5.05. The fraction of sp³-hybridized carbons (Fsp3) is 0.130. The van der Waals surface area contributed by atoms with Crippen LogP contribution >= 0.6 is 0 Å². The van der Waals surface area contributed by atoms with Gasteiger partial charge in [-0.1, -0.05) is 31.2 Å². The highest BCUT2D eigenvalue weighted by molar-refractivity contribution is 5.93. The molecule has 3 heterocycles. The molecule has 7 nitrogen and oxygen atoms in total. The van der Waals surface area contributed by atoms with Gasteiger partial charge in [-0.25, -0.2) is 15.0 Å². The summed E-state index contributed by atoms with van der Waals surface area (Å²) in [6, 6.07) is 13.8. The van der Waals surface area contributed by atoms with E-state index in [9.17, 15) is 4.79 Å². The predicted octanol–water partition coefficient (Wildman–Crippen LogP) is 4.03. The van der Waals surface area contributed by atoms with Crippen LogP contribution in [0, 0.1) is 0 Å². The van der Waals surface area contributed by atoms with Crippen LogP contribution in [0.1, 0.15) is 28.4 Å². The van der Waals surface area contributed by atoms with E-state index in [0.29, 0.717) is 23.8 Å². The summed E-state index contributed by atoms with van der Waals surface area (Å²) in [5.41, 5.74) is 5.24. The molecule has 0 aliphatic rings. The van der Waals surface area contributed by atoms with Crippen molar-refractivity contribution in [3.8, 4) is 11.5 Å². The smallest absolute Gasteiger partial charge is 0.254 e. The minimum atomic E-state index is -0.187. The summed E-state index contributed by atoms with van der Waals surface area (Å²) in [4.78, 5) is 25.3. The number of nitrogens with zero attached hydrogens (tertiary/aromatic N) is 4. The second kappa shape index (κ2) is 7.44. The van der Waals surface area contributed by atoms with E-state index in [-0.39, 0.29) is 5.91 Å². The molecule has 0 atom stereocenters. The Morgan fingerprint density at radius 1 is 1.13 bits per heavy atom. The lowest BCUT2D eigenvalue weighted by Crippen LogP contribution is -2.23.